The number of hydrogen-bond donors (Lipinski definition) is 4. The Kier molecular flexibility index (Phi) is 6.61. The van der Waals surface area contributed by atoms with Crippen LogP contribution in [0.25, 0.3) is 5.52 Å². The van der Waals surface area contributed by atoms with E-state index in [4.69, 9.17) is 16.3 Å². The van der Waals surface area contributed by atoms with Gasteiger partial charge >= 0.3 is 5.97 Å². The molecule has 6 N–H and O–H groups in total. The molecule has 3 aromatic rings. The van der Waals surface area contributed by atoms with E-state index in [1.807, 2.05) is 0 Å². The molecule has 0 aliphatic carbocycles. The number of hydrogen-bond acceptors (Lipinski definition) is 14. The van der Waals surface area contributed by atoms with Gasteiger partial charge in [-0.25, -0.2) is 14.8 Å². The van der Waals surface area contributed by atoms with Crippen molar-refractivity contribution < 1.29 is 24.3 Å². The third kappa shape index (κ3) is 4.53. The molecule has 2 amide bonds. The molecule has 0 saturated carbocycles. The number of nitrogens with two attached hydrogens (primary N) is 2. The molecular weight excluding hydrogens is 544 g/mol. The first kappa shape index (κ1) is 24.8. The number of β-lactam (4-membered cyclic amide) rings is 1. The molecule has 18 heteroatoms. The van der Waals surface area contributed by atoms with Gasteiger partial charge in [0, 0.05) is 16.9 Å². The van der Waals surface area contributed by atoms with Crippen molar-refractivity contribution in [2.45, 2.75) is 16.4 Å². The number of carboxylic acid groups (broad SMARTS) is 1. The van der Waals surface area contributed by atoms with E-state index in [-0.39, 0.29) is 33.9 Å². The number of nitrogens with zero attached hydrogens (tertiary/aromatic N) is 7. The maximum Gasteiger partial charge on any atom is 0.352 e. The summed E-state index contributed by atoms with van der Waals surface area (Å²) in [5, 5.41) is 25.6. The maximum atomic E-state index is 13.0. The molecule has 2 aliphatic rings. The molecule has 0 aromatic carbocycles. The number of aliphatic carboxylic acids is 1. The summed E-state index contributed by atoms with van der Waals surface area (Å²) in [6.07, 6.45) is 1.53. The third-order valence-corrected chi connectivity index (χ3v) is 8.39. The third-order valence-electron chi connectivity index (χ3n) is 5.38. The number of nitrogens with one attached hydrogen (secondary N) is 1. The van der Waals surface area contributed by atoms with Crippen molar-refractivity contribution in [3.05, 3.63) is 34.6 Å². The number of amides is 2. The van der Waals surface area contributed by atoms with E-state index < -0.39 is 29.2 Å². The molecule has 3 aromatic heterocycles. The standard InChI is InChI=1S/C19H18N10O5S3/c1-34-26-11(9-6-37-19(21)23-9)14(30)25-12-15(31)28-13(17(32)33)7(5-36-16(12)28)4-35-10-2-8-3-22-27-29(8)18(20)24-10/h2-3,6,12,16H,4-5H2,1H3,(H2,20,24)(H2,21,23)(H,25,30)(H,32,33)/t12-,16-/m1/s1. The Morgan fingerprint density at radius 1 is 1.38 bits per heavy atom. The zero-order valence-corrected chi connectivity index (χ0v) is 21.3. The van der Waals surface area contributed by atoms with E-state index in [1.54, 1.807) is 6.07 Å². The molecule has 5 rings (SSSR count). The fourth-order valence-electron chi connectivity index (χ4n) is 3.77. The Morgan fingerprint density at radius 2 is 2.19 bits per heavy atom. The Balaban J connectivity index is 1.32. The molecule has 0 spiro atoms. The van der Waals surface area contributed by atoms with Gasteiger partial charge in [-0.3, -0.25) is 14.5 Å². The second kappa shape index (κ2) is 9.87. The number of aromatic nitrogens is 5. The number of fused-ring (bicyclic) bond motifs is 2. The lowest BCUT2D eigenvalue weighted by Crippen LogP contribution is -2.71. The topological polar surface area (TPSA) is 216 Å². The van der Waals surface area contributed by atoms with Crippen LogP contribution in [0.2, 0.25) is 0 Å². The zero-order valence-electron chi connectivity index (χ0n) is 18.9. The molecule has 1 fully saturated rings. The second-order valence-corrected chi connectivity index (χ2v) is 10.6. The summed E-state index contributed by atoms with van der Waals surface area (Å²) >= 11 is 3.75. The van der Waals surface area contributed by atoms with E-state index in [0.717, 1.165) is 11.3 Å². The molecule has 192 valence electrons. The van der Waals surface area contributed by atoms with E-state index >= 15 is 0 Å². The normalized spacial score (nSPS) is 19.5. The molecule has 2 atom stereocenters. The second-order valence-electron chi connectivity index (χ2n) is 7.62. The number of nitrogen functional groups attached to an aromatic ring is 2. The number of thiazole rings is 1. The minimum atomic E-state index is -1.23. The Hall–Kier alpha value is -3.90. The highest BCUT2D eigenvalue weighted by Crippen LogP contribution is 2.41. The van der Waals surface area contributed by atoms with Gasteiger partial charge in [-0.1, -0.05) is 10.4 Å². The fourth-order valence-corrected chi connectivity index (χ4v) is 6.72. The summed E-state index contributed by atoms with van der Waals surface area (Å²) in [7, 11) is 1.27. The molecule has 0 unspecified atom stereocenters. The van der Waals surface area contributed by atoms with Crippen LogP contribution >= 0.6 is 34.9 Å². The molecular formula is C19H18N10O5S3. The highest BCUT2D eigenvalue weighted by atomic mass is 32.2. The van der Waals surface area contributed by atoms with Crippen LogP contribution in [0.5, 0.6) is 0 Å². The van der Waals surface area contributed by atoms with Gasteiger partial charge in [-0.15, -0.1) is 40.0 Å². The lowest BCUT2D eigenvalue weighted by molar-refractivity contribution is -0.150. The Bertz CT molecular complexity index is 1480. The van der Waals surface area contributed by atoms with E-state index in [9.17, 15) is 19.5 Å². The number of carbonyl (C=O) groups is 3. The number of rotatable bonds is 8. The van der Waals surface area contributed by atoms with Crippen molar-refractivity contribution in [3.8, 4) is 0 Å². The molecule has 2 aliphatic heterocycles. The molecule has 0 bridgehead atoms. The first-order valence-electron chi connectivity index (χ1n) is 10.4. The van der Waals surface area contributed by atoms with Gasteiger partial charge in [0.15, 0.2) is 10.8 Å². The molecule has 1 saturated heterocycles. The maximum absolute atomic E-state index is 13.0. The fraction of sp³-hybridized carbons (Fsp3) is 0.263. The number of carboxylic acids is 1. The molecule has 15 nitrogen and oxygen atoms in total. The summed E-state index contributed by atoms with van der Waals surface area (Å²) < 4.78 is 1.38. The van der Waals surface area contributed by atoms with Crippen molar-refractivity contribution >= 4 is 75.0 Å². The number of anilines is 2. The van der Waals surface area contributed by atoms with E-state index in [0.29, 0.717) is 21.9 Å². The molecule has 0 radical (unpaired) electrons. The first-order valence-corrected chi connectivity index (χ1v) is 13.3. The quantitative estimate of drug-likeness (QED) is 0.0906. The van der Waals surface area contributed by atoms with E-state index in [1.165, 1.54) is 51.6 Å². The van der Waals surface area contributed by atoms with Crippen molar-refractivity contribution in [3.63, 3.8) is 0 Å². The average Bonchev–Trinajstić information content (AvgIpc) is 3.52. The van der Waals surface area contributed by atoms with Crippen molar-refractivity contribution in [1.82, 2.24) is 35.0 Å². The summed E-state index contributed by atoms with van der Waals surface area (Å²) in [6.45, 7) is 0. The highest BCUT2D eigenvalue weighted by molar-refractivity contribution is 8.01. The van der Waals surface area contributed by atoms with Crippen LogP contribution in [0.3, 0.4) is 0 Å². The van der Waals surface area contributed by atoms with Crippen molar-refractivity contribution in [1.29, 1.82) is 0 Å². The van der Waals surface area contributed by atoms with Crippen LogP contribution in [-0.2, 0) is 19.2 Å². The molecule has 37 heavy (non-hydrogen) atoms. The Labute approximate surface area is 220 Å². The number of thioether (sulfide) groups is 2. The van der Waals surface area contributed by atoms with Gasteiger partial charge in [0.1, 0.15) is 34.9 Å². The van der Waals surface area contributed by atoms with Crippen LogP contribution in [0.4, 0.5) is 11.1 Å². The summed E-state index contributed by atoms with van der Waals surface area (Å²) in [6, 6.07) is 0.785. The van der Waals surface area contributed by atoms with Crippen LogP contribution in [0.15, 0.2) is 39.1 Å². The lowest BCUT2D eigenvalue weighted by Gasteiger charge is -2.49. The van der Waals surface area contributed by atoms with Gasteiger partial charge in [-0.05, 0) is 11.6 Å². The van der Waals surface area contributed by atoms with Crippen LogP contribution in [0.1, 0.15) is 5.69 Å². The van der Waals surface area contributed by atoms with Crippen LogP contribution < -0.4 is 16.8 Å². The van der Waals surface area contributed by atoms with Gasteiger partial charge in [0.2, 0.25) is 5.95 Å². The van der Waals surface area contributed by atoms with Gasteiger partial charge in [0.05, 0.1) is 11.7 Å². The highest BCUT2D eigenvalue weighted by Gasteiger charge is 2.54. The van der Waals surface area contributed by atoms with Gasteiger partial charge < -0.3 is 26.7 Å². The number of carbonyl (C=O) groups excluding carboxylic acids is 2. The van der Waals surface area contributed by atoms with Crippen molar-refractivity contribution in [2.24, 2.45) is 5.16 Å². The monoisotopic (exact) mass is 562 g/mol. The summed E-state index contributed by atoms with van der Waals surface area (Å²) in [5.74, 6) is -1.72. The van der Waals surface area contributed by atoms with Crippen LogP contribution in [-0.4, -0.2) is 88.3 Å². The minimum Gasteiger partial charge on any atom is -0.477 e. The lowest BCUT2D eigenvalue weighted by atomic mass is 10.0. The van der Waals surface area contributed by atoms with Gasteiger partial charge in [-0.2, -0.15) is 4.52 Å². The summed E-state index contributed by atoms with van der Waals surface area (Å²) in [5.41, 5.74) is 12.7. The van der Waals surface area contributed by atoms with Gasteiger partial charge in [0.25, 0.3) is 11.8 Å². The average molecular weight is 563 g/mol. The molecule has 5 heterocycles. The largest absolute Gasteiger partial charge is 0.477 e. The predicted octanol–water partition coefficient (Wildman–Crippen LogP) is -0.373. The van der Waals surface area contributed by atoms with E-state index in [2.05, 4.69) is 30.8 Å². The SMILES string of the molecule is CON=C(C(=O)N[C@@H]1C(=O)N2C(C(=O)O)=C(CSc3cc4cnnn4c(N)n3)CS[C@H]12)c1csc(N)n1. The first-order chi connectivity index (χ1) is 17.8. The summed E-state index contributed by atoms with van der Waals surface area (Å²) in [4.78, 5) is 52.2. The Morgan fingerprint density at radius 3 is 2.89 bits per heavy atom. The smallest absolute Gasteiger partial charge is 0.352 e. The zero-order chi connectivity index (χ0) is 26.3. The predicted molar refractivity (Wildman–Crippen MR) is 136 cm³/mol. The number of oxime groups is 1. The van der Waals surface area contributed by atoms with Crippen molar-refractivity contribution in [2.75, 3.05) is 30.1 Å². The van der Waals surface area contributed by atoms with Crippen LogP contribution in [0, 0.1) is 0 Å². The minimum absolute atomic E-state index is 0.107.